The van der Waals surface area contributed by atoms with Gasteiger partial charge in [-0.15, -0.1) is 0 Å². The maximum Gasteiger partial charge on any atom is 0.267 e. The minimum absolute atomic E-state index is 0.238. The van der Waals surface area contributed by atoms with Crippen LogP contribution >= 0.6 is 0 Å². The molecule has 0 bridgehead atoms. The third kappa shape index (κ3) is 3.98. The van der Waals surface area contributed by atoms with Crippen LogP contribution in [0.25, 0.3) is 0 Å². The number of aromatic hydroxyl groups is 1. The van der Waals surface area contributed by atoms with Crippen molar-refractivity contribution in [2.75, 3.05) is 26.0 Å². The van der Waals surface area contributed by atoms with Crippen LogP contribution < -0.4 is 10.9 Å². The van der Waals surface area contributed by atoms with E-state index in [-0.39, 0.29) is 11.3 Å². The number of aromatic nitrogens is 1. The van der Waals surface area contributed by atoms with E-state index < -0.39 is 11.5 Å². The molecule has 0 saturated carbocycles. The van der Waals surface area contributed by atoms with Crippen LogP contribution in [0.4, 0.5) is 5.69 Å². The van der Waals surface area contributed by atoms with E-state index in [9.17, 15) is 14.7 Å². The number of benzene rings is 1. The first-order valence-corrected chi connectivity index (χ1v) is 7.34. The third-order valence-electron chi connectivity index (χ3n) is 3.52. The van der Waals surface area contributed by atoms with Crippen molar-refractivity contribution in [1.82, 2.24) is 9.47 Å². The number of likely N-dealkylation sites (N-methyl/N-ethyl adjacent to an activating group) is 1. The van der Waals surface area contributed by atoms with E-state index in [0.717, 1.165) is 0 Å². The van der Waals surface area contributed by atoms with Crippen LogP contribution in [0.15, 0.2) is 41.2 Å². The molecule has 0 aliphatic heterocycles. The standard InChI is InChI=1S/C17H21N3O3/c1-12-11-14(21)15(17(23)20(12)10-9-19(2)3)16(22)18-13-7-5-4-6-8-13/h4-8,11,21H,9-10H2,1-3H3,(H,18,22). The van der Waals surface area contributed by atoms with E-state index >= 15 is 0 Å². The number of carbonyl (C=O) groups excluding carboxylic acids is 1. The molecule has 0 atom stereocenters. The van der Waals surface area contributed by atoms with Gasteiger partial charge in [0.1, 0.15) is 11.3 Å². The molecule has 0 aliphatic rings. The lowest BCUT2D eigenvalue weighted by Gasteiger charge is -2.16. The zero-order valence-corrected chi connectivity index (χ0v) is 13.5. The van der Waals surface area contributed by atoms with E-state index in [0.29, 0.717) is 24.5 Å². The van der Waals surface area contributed by atoms with Crippen LogP contribution in [-0.4, -0.2) is 41.1 Å². The monoisotopic (exact) mass is 315 g/mol. The summed E-state index contributed by atoms with van der Waals surface area (Å²) in [5.41, 5.74) is 0.457. The Morgan fingerprint density at radius 3 is 2.52 bits per heavy atom. The van der Waals surface area contributed by atoms with Gasteiger partial charge in [0.25, 0.3) is 11.5 Å². The van der Waals surface area contributed by atoms with Gasteiger partial charge in [0.15, 0.2) is 0 Å². The van der Waals surface area contributed by atoms with Gasteiger partial charge in [-0.3, -0.25) is 9.59 Å². The fraction of sp³-hybridized carbons (Fsp3) is 0.294. The minimum atomic E-state index is -0.614. The van der Waals surface area contributed by atoms with Gasteiger partial charge < -0.3 is 19.9 Å². The molecule has 0 radical (unpaired) electrons. The number of anilines is 1. The lowest BCUT2D eigenvalue weighted by Crippen LogP contribution is -2.33. The Labute approximate surface area is 135 Å². The van der Waals surface area contributed by atoms with E-state index in [4.69, 9.17) is 0 Å². The first kappa shape index (κ1) is 16.8. The van der Waals surface area contributed by atoms with Crippen LogP contribution in [-0.2, 0) is 6.54 Å². The second kappa shape index (κ2) is 7.11. The largest absolute Gasteiger partial charge is 0.507 e. The van der Waals surface area contributed by atoms with Gasteiger partial charge in [-0.2, -0.15) is 0 Å². The topological polar surface area (TPSA) is 74.6 Å². The van der Waals surface area contributed by atoms with Crippen molar-refractivity contribution in [2.45, 2.75) is 13.5 Å². The Hall–Kier alpha value is -2.60. The number of carbonyl (C=O) groups is 1. The molecular formula is C17H21N3O3. The third-order valence-corrected chi connectivity index (χ3v) is 3.52. The number of nitrogens with one attached hydrogen (secondary N) is 1. The Morgan fingerprint density at radius 2 is 1.91 bits per heavy atom. The fourth-order valence-electron chi connectivity index (χ4n) is 2.26. The van der Waals surface area contributed by atoms with Gasteiger partial charge in [0, 0.05) is 30.5 Å². The summed E-state index contributed by atoms with van der Waals surface area (Å²) >= 11 is 0. The average Bonchev–Trinajstić information content (AvgIpc) is 2.47. The number of hydrogen-bond acceptors (Lipinski definition) is 4. The van der Waals surface area contributed by atoms with Crippen molar-refractivity contribution >= 4 is 11.6 Å². The van der Waals surface area contributed by atoms with Crippen molar-refractivity contribution in [3.8, 4) is 5.75 Å². The van der Waals surface area contributed by atoms with Crippen LogP contribution in [0.5, 0.6) is 5.75 Å². The molecule has 2 N–H and O–H groups in total. The zero-order valence-electron chi connectivity index (χ0n) is 13.5. The number of para-hydroxylation sites is 1. The van der Waals surface area contributed by atoms with Gasteiger partial charge in [-0.1, -0.05) is 18.2 Å². The first-order valence-electron chi connectivity index (χ1n) is 7.34. The summed E-state index contributed by atoms with van der Waals surface area (Å²) in [4.78, 5) is 26.9. The summed E-state index contributed by atoms with van der Waals surface area (Å²) in [5, 5.41) is 12.7. The normalized spacial score (nSPS) is 10.8. The predicted molar refractivity (Wildman–Crippen MR) is 90.1 cm³/mol. The molecule has 6 nitrogen and oxygen atoms in total. The summed E-state index contributed by atoms with van der Waals surface area (Å²) in [6, 6.07) is 10.3. The quantitative estimate of drug-likeness (QED) is 0.880. The molecule has 1 aromatic carbocycles. The lowest BCUT2D eigenvalue weighted by molar-refractivity contribution is 0.102. The molecule has 1 heterocycles. The Morgan fingerprint density at radius 1 is 1.26 bits per heavy atom. The second-order valence-corrected chi connectivity index (χ2v) is 5.63. The highest BCUT2D eigenvalue weighted by Crippen LogP contribution is 2.17. The smallest absolute Gasteiger partial charge is 0.267 e. The highest BCUT2D eigenvalue weighted by Gasteiger charge is 2.19. The number of rotatable bonds is 5. The molecule has 2 rings (SSSR count). The van der Waals surface area contributed by atoms with E-state index in [1.54, 1.807) is 31.2 Å². The number of pyridine rings is 1. The molecule has 0 saturated heterocycles. The molecular weight excluding hydrogens is 294 g/mol. The van der Waals surface area contributed by atoms with Gasteiger partial charge in [0.05, 0.1) is 0 Å². The summed E-state index contributed by atoms with van der Waals surface area (Å²) in [6.45, 7) is 2.84. The molecule has 0 spiro atoms. The summed E-state index contributed by atoms with van der Waals surface area (Å²) in [6.07, 6.45) is 0. The fourth-order valence-corrected chi connectivity index (χ4v) is 2.26. The number of aryl methyl sites for hydroxylation is 1. The van der Waals surface area contributed by atoms with Crippen molar-refractivity contribution in [3.63, 3.8) is 0 Å². The van der Waals surface area contributed by atoms with Crippen molar-refractivity contribution in [1.29, 1.82) is 0 Å². The van der Waals surface area contributed by atoms with Gasteiger partial charge in [-0.05, 0) is 33.2 Å². The molecule has 2 aromatic rings. The lowest BCUT2D eigenvalue weighted by atomic mass is 10.2. The van der Waals surface area contributed by atoms with Gasteiger partial charge >= 0.3 is 0 Å². The highest BCUT2D eigenvalue weighted by molar-refractivity contribution is 6.05. The number of hydrogen-bond donors (Lipinski definition) is 2. The van der Waals surface area contributed by atoms with Gasteiger partial charge in [-0.25, -0.2) is 0 Å². The van der Waals surface area contributed by atoms with Crippen molar-refractivity contribution < 1.29 is 9.90 Å². The van der Waals surface area contributed by atoms with Crippen LogP contribution in [0.2, 0.25) is 0 Å². The van der Waals surface area contributed by atoms with Crippen LogP contribution in [0, 0.1) is 6.92 Å². The second-order valence-electron chi connectivity index (χ2n) is 5.63. The van der Waals surface area contributed by atoms with Crippen molar-refractivity contribution in [2.24, 2.45) is 0 Å². The molecule has 0 fully saturated rings. The molecule has 6 heteroatoms. The molecule has 0 aliphatic carbocycles. The summed E-state index contributed by atoms with van der Waals surface area (Å²) in [5.74, 6) is -0.917. The summed E-state index contributed by atoms with van der Waals surface area (Å²) in [7, 11) is 3.81. The highest BCUT2D eigenvalue weighted by atomic mass is 16.3. The Bertz CT molecular complexity index is 752. The first-order chi connectivity index (χ1) is 10.9. The SMILES string of the molecule is Cc1cc(O)c(C(=O)Nc2ccccc2)c(=O)n1CCN(C)C. The average molecular weight is 315 g/mol. The van der Waals surface area contributed by atoms with Crippen molar-refractivity contribution in [3.05, 3.63) is 58.0 Å². The van der Waals surface area contributed by atoms with E-state index in [1.165, 1.54) is 10.6 Å². The number of nitrogens with zero attached hydrogens (tertiary/aromatic N) is 2. The van der Waals surface area contributed by atoms with E-state index in [2.05, 4.69) is 5.32 Å². The Balaban J connectivity index is 2.36. The minimum Gasteiger partial charge on any atom is -0.507 e. The molecule has 23 heavy (non-hydrogen) atoms. The molecule has 122 valence electrons. The maximum absolute atomic E-state index is 12.6. The Kier molecular flexibility index (Phi) is 5.18. The van der Waals surface area contributed by atoms with Crippen LogP contribution in [0.3, 0.4) is 0 Å². The van der Waals surface area contributed by atoms with Gasteiger partial charge in [0.2, 0.25) is 0 Å². The molecule has 1 aromatic heterocycles. The maximum atomic E-state index is 12.6. The van der Waals surface area contributed by atoms with Crippen LogP contribution in [0.1, 0.15) is 16.1 Å². The number of amides is 1. The molecule has 1 amide bonds. The van der Waals surface area contributed by atoms with E-state index in [1.807, 2.05) is 25.1 Å². The zero-order chi connectivity index (χ0) is 17.0. The molecule has 0 unspecified atom stereocenters. The predicted octanol–water partition coefficient (Wildman–Crippen LogP) is 1.68. The summed E-state index contributed by atoms with van der Waals surface area (Å²) < 4.78 is 1.50.